The summed E-state index contributed by atoms with van der Waals surface area (Å²) in [6.07, 6.45) is 1.53. The van der Waals surface area contributed by atoms with Crippen molar-refractivity contribution in [2.45, 2.75) is 10.2 Å². The van der Waals surface area contributed by atoms with Crippen molar-refractivity contribution < 1.29 is 4.92 Å². The number of nitro groups is 1. The molecule has 0 aliphatic rings. The molecule has 0 N–H and O–H groups in total. The van der Waals surface area contributed by atoms with Crippen LogP contribution in [0.15, 0.2) is 52.8 Å². The second-order valence-corrected chi connectivity index (χ2v) is 6.32. The van der Waals surface area contributed by atoms with Crippen LogP contribution in [0.1, 0.15) is 0 Å². The Bertz CT molecular complexity index is 1010. The molecular weight excluding hydrogens is 322 g/mol. The highest BCUT2D eigenvalue weighted by Gasteiger charge is 2.20. The zero-order valence-electron chi connectivity index (χ0n) is 10.9. The van der Waals surface area contributed by atoms with Crippen LogP contribution in [-0.2, 0) is 0 Å². The van der Waals surface area contributed by atoms with Crippen LogP contribution in [0.4, 0.5) is 5.69 Å². The zero-order chi connectivity index (χ0) is 15.1. The van der Waals surface area contributed by atoms with Crippen molar-refractivity contribution >= 4 is 44.0 Å². The topological polar surface area (TPSA) is 86.2 Å². The number of hydrogen-bond donors (Lipinski definition) is 0. The zero-order valence-corrected chi connectivity index (χ0v) is 12.5. The molecule has 108 valence electrons. The van der Waals surface area contributed by atoms with E-state index in [4.69, 9.17) is 0 Å². The maximum atomic E-state index is 11.1. The minimum atomic E-state index is -0.445. The van der Waals surface area contributed by atoms with Crippen molar-refractivity contribution in [1.82, 2.24) is 19.6 Å². The molecule has 4 aromatic rings. The first-order valence-electron chi connectivity index (χ1n) is 6.24. The number of nitrogens with zero attached hydrogens (tertiary/aromatic N) is 5. The van der Waals surface area contributed by atoms with Gasteiger partial charge in [0.05, 0.1) is 15.1 Å². The molecule has 4 rings (SSSR count). The van der Waals surface area contributed by atoms with Gasteiger partial charge in [0, 0.05) is 12.3 Å². The molecular formula is C13H7N5O2S2. The molecule has 0 aliphatic carbocycles. The highest BCUT2D eigenvalue weighted by molar-refractivity contribution is 7.99. The van der Waals surface area contributed by atoms with Crippen LogP contribution in [0.2, 0.25) is 0 Å². The molecule has 9 heteroatoms. The maximum absolute atomic E-state index is 11.1. The number of hydrogen-bond acceptors (Lipinski definition) is 7. The molecule has 0 unspecified atom stereocenters. The summed E-state index contributed by atoms with van der Waals surface area (Å²) in [5.74, 6) is 0. The molecule has 3 aromatic heterocycles. The average Bonchev–Trinajstić information content (AvgIpc) is 3.07. The van der Waals surface area contributed by atoms with E-state index in [9.17, 15) is 10.1 Å². The lowest BCUT2D eigenvalue weighted by atomic mass is 10.3. The lowest BCUT2D eigenvalue weighted by molar-refractivity contribution is -0.388. The number of pyridine rings is 1. The summed E-state index contributed by atoms with van der Waals surface area (Å²) in [7, 11) is 0. The van der Waals surface area contributed by atoms with Crippen LogP contribution in [0.25, 0.3) is 15.2 Å². The number of thiazole rings is 1. The third kappa shape index (κ3) is 2.02. The van der Waals surface area contributed by atoms with Crippen molar-refractivity contribution in [2.75, 3.05) is 0 Å². The summed E-state index contributed by atoms with van der Waals surface area (Å²) >= 11 is 2.67. The Morgan fingerprint density at radius 2 is 2.05 bits per heavy atom. The largest absolute Gasteiger partial charge is 0.301 e. The van der Waals surface area contributed by atoms with Gasteiger partial charge in [-0.25, -0.2) is 4.98 Å². The fraction of sp³-hybridized carbons (Fsp3) is 0. The Morgan fingerprint density at radius 3 is 2.91 bits per heavy atom. The van der Waals surface area contributed by atoms with Crippen LogP contribution in [-0.4, -0.2) is 24.5 Å². The van der Waals surface area contributed by atoms with E-state index in [1.807, 2.05) is 28.7 Å². The van der Waals surface area contributed by atoms with Crippen molar-refractivity contribution in [3.63, 3.8) is 0 Å². The van der Waals surface area contributed by atoms with E-state index in [1.165, 1.54) is 23.6 Å². The first kappa shape index (κ1) is 13.2. The Hall–Kier alpha value is -2.52. The highest BCUT2D eigenvalue weighted by atomic mass is 32.2. The van der Waals surface area contributed by atoms with Gasteiger partial charge in [0.2, 0.25) is 10.1 Å². The molecule has 0 saturated carbocycles. The smallest absolute Gasteiger partial charge is 0.260 e. The molecule has 0 amide bonds. The van der Waals surface area contributed by atoms with Crippen LogP contribution in [0.3, 0.4) is 0 Å². The second kappa shape index (κ2) is 5.04. The molecule has 22 heavy (non-hydrogen) atoms. The van der Waals surface area contributed by atoms with Gasteiger partial charge in [-0.1, -0.05) is 23.5 Å². The molecule has 0 saturated heterocycles. The molecule has 0 aliphatic heterocycles. The SMILES string of the molecule is O=[N+]([O-])c1cccnc1Sc1nnc2sc3ccccc3n12. The molecule has 7 nitrogen and oxygen atoms in total. The maximum Gasteiger partial charge on any atom is 0.301 e. The summed E-state index contributed by atoms with van der Waals surface area (Å²) in [5, 5.41) is 20.2. The van der Waals surface area contributed by atoms with E-state index >= 15 is 0 Å². The van der Waals surface area contributed by atoms with E-state index in [0.717, 1.165) is 26.9 Å². The third-order valence-electron chi connectivity index (χ3n) is 3.05. The van der Waals surface area contributed by atoms with Crippen LogP contribution < -0.4 is 0 Å². The summed E-state index contributed by atoms with van der Waals surface area (Å²) in [5.41, 5.74) is 0.942. The fourth-order valence-corrected chi connectivity index (χ4v) is 4.02. The summed E-state index contributed by atoms with van der Waals surface area (Å²) < 4.78 is 2.98. The first-order valence-corrected chi connectivity index (χ1v) is 7.87. The molecule has 1 aromatic carbocycles. The van der Waals surface area contributed by atoms with Crippen molar-refractivity contribution in [3.05, 3.63) is 52.7 Å². The minimum absolute atomic E-state index is 0.0382. The number of aromatic nitrogens is 4. The average molecular weight is 329 g/mol. The fourth-order valence-electron chi connectivity index (χ4n) is 2.11. The predicted molar refractivity (Wildman–Crippen MR) is 83.4 cm³/mol. The molecule has 0 bridgehead atoms. The lowest BCUT2D eigenvalue weighted by Gasteiger charge is -2.00. The van der Waals surface area contributed by atoms with Crippen LogP contribution in [0.5, 0.6) is 0 Å². The molecule has 0 fully saturated rings. The molecule has 0 radical (unpaired) electrons. The van der Waals surface area contributed by atoms with E-state index in [2.05, 4.69) is 15.2 Å². The number of rotatable bonds is 3. The third-order valence-corrected chi connectivity index (χ3v) is 5.01. The number of benzene rings is 1. The Kier molecular flexibility index (Phi) is 3.01. The van der Waals surface area contributed by atoms with E-state index < -0.39 is 4.92 Å². The van der Waals surface area contributed by atoms with Gasteiger partial charge in [0.1, 0.15) is 0 Å². The quantitative estimate of drug-likeness (QED) is 0.423. The standard InChI is InChI=1S/C13H7N5O2S2/c19-18(20)9-5-3-7-14-11(9)22-13-16-15-12-17(13)8-4-1-2-6-10(8)21-12/h1-7H. The normalized spacial score (nSPS) is 11.3. The first-order chi connectivity index (χ1) is 10.7. The van der Waals surface area contributed by atoms with Crippen molar-refractivity contribution in [2.24, 2.45) is 0 Å². The van der Waals surface area contributed by atoms with Crippen LogP contribution >= 0.6 is 23.1 Å². The van der Waals surface area contributed by atoms with Crippen molar-refractivity contribution in [1.29, 1.82) is 0 Å². The highest BCUT2D eigenvalue weighted by Crippen LogP contribution is 2.35. The molecule has 3 heterocycles. The van der Waals surface area contributed by atoms with E-state index in [-0.39, 0.29) is 5.69 Å². The van der Waals surface area contributed by atoms with E-state index in [1.54, 1.807) is 6.07 Å². The second-order valence-electron chi connectivity index (χ2n) is 4.36. The Morgan fingerprint density at radius 1 is 1.18 bits per heavy atom. The lowest BCUT2D eigenvalue weighted by Crippen LogP contribution is -1.94. The Balaban J connectivity index is 1.87. The van der Waals surface area contributed by atoms with Gasteiger partial charge in [-0.15, -0.1) is 10.2 Å². The molecule has 0 spiro atoms. The van der Waals surface area contributed by atoms with Gasteiger partial charge in [-0.05, 0) is 30.0 Å². The van der Waals surface area contributed by atoms with Crippen molar-refractivity contribution in [3.8, 4) is 0 Å². The Labute approximate surface area is 131 Å². The van der Waals surface area contributed by atoms with Gasteiger partial charge in [-0.3, -0.25) is 14.5 Å². The van der Waals surface area contributed by atoms with Gasteiger partial charge in [-0.2, -0.15) is 0 Å². The van der Waals surface area contributed by atoms with Gasteiger partial charge in [0.25, 0.3) is 0 Å². The van der Waals surface area contributed by atoms with Gasteiger partial charge in [0.15, 0.2) is 5.03 Å². The molecule has 0 atom stereocenters. The summed E-state index contributed by atoms with van der Waals surface area (Å²) in [6.45, 7) is 0. The summed E-state index contributed by atoms with van der Waals surface area (Å²) in [4.78, 5) is 15.5. The predicted octanol–water partition coefficient (Wildman–Crippen LogP) is 3.40. The number of para-hydroxylation sites is 1. The minimum Gasteiger partial charge on any atom is -0.260 e. The van der Waals surface area contributed by atoms with Crippen LogP contribution in [0, 0.1) is 10.1 Å². The van der Waals surface area contributed by atoms with Gasteiger partial charge >= 0.3 is 5.69 Å². The van der Waals surface area contributed by atoms with E-state index in [0.29, 0.717) is 10.2 Å². The van der Waals surface area contributed by atoms with Gasteiger partial charge < -0.3 is 0 Å². The summed E-state index contributed by atoms with van der Waals surface area (Å²) in [6, 6.07) is 10.8. The monoisotopic (exact) mass is 329 g/mol. The number of fused-ring (bicyclic) bond motifs is 3.